The molecule has 0 aliphatic rings. The number of hydrogen-bond acceptors (Lipinski definition) is 4. The van der Waals surface area contributed by atoms with E-state index in [4.69, 9.17) is 9.84 Å². The fourth-order valence-electron chi connectivity index (χ4n) is 1.14. The van der Waals surface area contributed by atoms with Crippen LogP contribution in [0.5, 0.6) is 0 Å². The van der Waals surface area contributed by atoms with Crippen LogP contribution < -0.4 is 5.32 Å². The van der Waals surface area contributed by atoms with E-state index in [1.807, 2.05) is 0 Å². The number of nitrogens with zero attached hydrogens (tertiary/aromatic N) is 1. The zero-order valence-electron chi connectivity index (χ0n) is 9.36. The lowest BCUT2D eigenvalue weighted by molar-refractivity contribution is 0.0865. The van der Waals surface area contributed by atoms with Gasteiger partial charge in [-0.3, -0.25) is 4.79 Å². The largest absolute Gasteiger partial charge is 0.394 e. The van der Waals surface area contributed by atoms with E-state index in [1.165, 1.54) is 0 Å². The molecule has 0 atom stereocenters. The third kappa shape index (κ3) is 5.76. The normalized spacial score (nSPS) is 10.2. The van der Waals surface area contributed by atoms with Gasteiger partial charge in [-0.1, -0.05) is 0 Å². The number of rotatable bonds is 7. The minimum atomic E-state index is -0.195. The smallest absolute Gasteiger partial charge is 0.269 e. The summed E-state index contributed by atoms with van der Waals surface area (Å²) in [6.07, 6.45) is 2.29. The number of ether oxygens (including phenoxy) is 1. The van der Waals surface area contributed by atoms with E-state index in [9.17, 15) is 4.79 Å². The van der Waals surface area contributed by atoms with Gasteiger partial charge < -0.3 is 15.2 Å². The van der Waals surface area contributed by atoms with Gasteiger partial charge in [0, 0.05) is 23.8 Å². The molecule has 0 spiro atoms. The molecule has 0 aliphatic carbocycles. The maximum atomic E-state index is 11.6. The summed E-state index contributed by atoms with van der Waals surface area (Å²) in [5.41, 5.74) is 0.393. The molecule has 0 bridgehead atoms. The summed E-state index contributed by atoms with van der Waals surface area (Å²) in [6, 6.07) is 3.42. The molecule has 94 valence electrons. The molecule has 1 heterocycles. The molecule has 1 aromatic rings. The molecule has 0 aromatic carbocycles. The van der Waals surface area contributed by atoms with Gasteiger partial charge in [0.05, 0.1) is 13.2 Å². The summed E-state index contributed by atoms with van der Waals surface area (Å²) >= 11 is 3.25. The highest BCUT2D eigenvalue weighted by atomic mass is 79.9. The first-order valence-corrected chi connectivity index (χ1v) is 6.11. The molecule has 6 heteroatoms. The average molecular weight is 303 g/mol. The lowest BCUT2D eigenvalue weighted by Crippen LogP contribution is -2.26. The number of hydrogen-bond donors (Lipinski definition) is 2. The zero-order valence-corrected chi connectivity index (χ0v) is 10.9. The van der Waals surface area contributed by atoms with Gasteiger partial charge in [0.1, 0.15) is 5.69 Å². The molecule has 1 aromatic heterocycles. The number of aromatic nitrogens is 1. The Labute approximate surface area is 108 Å². The molecule has 0 fully saturated rings. The Balaban J connectivity index is 2.19. The van der Waals surface area contributed by atoms with Crippen LogP contribution >= 0.6 is 15.9 Å². The van der Waals surface area contributed by atoms with Gasteiger partial charge in [0.2, 0.25) is 0 Å². The van der Waals surface area contributed by atoms with E-state index < -0.39 is 0 Å². The summed E-state index contributed by atoms with van der Waals surface area (Å²) in [5.74, 6) is -0.195. The third-order valence-corrected chi connectivity index (χ3v) is 2.42. The number of halogens is 1. The quantitative estimate of drug-likeness (QED) is 0.736. The Kier molecular flexibility index (Phi) is 6.76. The predicted octanol–water partition coefficient (Wildman–Crippen LogP) is 0.973. The topological polar surface area (TPSA) is 71.5 Å². The molecule has 0 saturated heterocycles. The molecule has 2 N–H and O–H groups in total. The van der Waals surface area contributed by atoms with Crippen molar-refractivity contribution in [2.24, 2.45) is 0 Å². The van der Waals surface area contributed by atoms with Gasteiger partial charge in [-0.2, -0.15) is 0 Å². The van der Waals surface area contributed by atoms with Crippen LogP contribution in [-0.4, -0.2) is 42.4 Å². The number of carbonyl (C=O) groups excluding carboxylic acids is 1. The number of aliphatic hydroxyl groups is 1. The Morgan fingerprint density at radius 1 is 1.47 bits per heavy atom. The van der Waals surface area contributed by atoms with Gasteiger partial charge in [-0.05, 0) is 34.5 Å². The fraction of sp³-hybridized carbons (Fsp3) is 0.455. The first-order valence-electron chi connectivity index (χ1n) is 5.32. The van der Waals surface area contributed by atoms with Gasteiger partial charge in [0.25, 0.3) is 5.91 Å². The molecular formula is C11H15BrN2O3. The van der Waals surface area contributed by atoms with E-state index >= 15 is 0 Å². The second kappa shape index (κ2) is 8.16. The van der Waals surface area contributed by atoms with Crippen molar-refractivity contribution in [1.82, 2.24) is 10.3 Å². The summed E-state index contributed by atoms with van der Waals surface area (Å²) in [5, 5.41) is 11.2. The number of nitrogens with one attached hydrogen (secondary N) is 1. The minimum absolute atomic E-state index is 0.0230. The first-order chi connectivity index (χ1) is 8.24. The Morgan fingerprint density at radius 3 is 2.94 bits per heavy atom. The van der Waals surface area contributed by atoms with Crippen molar-refractivity contribution in [3.63, 3.8) is 0 Å². The molecular weight excluding hydrogens is 288 g/mol. The van der Waals surface area contributed by atoms with Crippen molar-refractivity contribution in [2.45, 2.75) is 6.42 Å². The van der Waals surface area contributed by atoms with Crippen molar-refractivity contribution in [3.8, 4) is 0 Å². The van der Waals surface area contributed by atoms with Crippen LogP contribution in [0.2, 0.25) is 0 Å². The first kappa shape index (κ1) is 14.1. The minimum Gasteiger partial charge on any atom is -0.394 e. The number of carbonyl (C=O) groups is 1. The molecule has 0 aliphatic heterocycles. The van der Waals surface area contributed by atoms with E-state index in [-0.39, 0.29) is 12.5 Å². The molecule has 0 unspecified atom stereocenters. The van der Waals surface area contributed by atoms with Gasteiger partial charge in [0.15, 0.2) is 0 Å². The molecule has 5 nitrogen and oxygen atoms in total. The van der Waals surface area contributed by atoms with E-state index in [1.54, 1.807) is 18.3 Å². The monoisotopic (exact) mass is 302 g/mol. The van der Waals surface area contributed by atoms with Crippen molar-refractivity contribution in [2.75, 3.05) is 26.4 Å². The summed E-state index contributed by atoms with van der Waals surface area (Å²) in [7, 11) is 0. The van der Waals surface area contributed by atoms with Gasteiger partial charge >= 0.3 is 0 Å². The number of aliphatic hydroxyl groups excluding tert-OH is 1. The van der Waals surface area contributed by atoms with E-state index in [0.717, 1.165) is 4.47 Å². The second-order valence-electron chi connectivity index (χ2n) is 3.31. The Bertz CT molecular complexity index is 343. The highest BCUT2D eigenvalue weighted by molar-refractivity contribution is 9.10. The maximum Gasteiger partial charge on any atom is 0.269 e. The SMILES string of the molecule is O=C(NCCCOCCO)c1ccc(Br)cn1. The van der Waals surface area contributed by atoms with Crippen LogP contribution in [-0.2, 0) is 4.74 Å². The van der Waals surface area contributed by atoms with Crippen LogP contribution in [0.25, 0.3) is 0 Å². The Hall–Kier alpha value is -0.980. The van der Waals surface area contributed by atoms with Crippen LogP contribution in [0, 0.1) is 0 Å². The van der Waals surface area contributed by atoms with Gasteiger partial charge in [-0.25, -0.2) is 4.98 Å². The van der Waals surface area contributed by atoms with Crippen LogP contribution in [0.15, 0.2) is 22.8 Å². The molecule has 0 radical (unpaired) electrons. The van der Waals surface area contributed by atoms with Crippen LogP contribution in [0.1, 0.15) is 16.9 Å². The Morgan fingerprint density at radius 2 is 2.29 bits per heavy atom. The molecule has 0 saturated carbocycles. The average Bonchev–Trinajstić information content (AvgIpc) is 2.34. The second-order valence-corrected chi connectivity index (χ2v) is 4.22. The third-order valence-electron chi connectivity index (χ3n) is 1.95. The van der Waals surface area contributed by atoms with E-state index in [2.05, 4.69) is 26.2 Å². The summed E-state index contributed by atoms with van der Waals surface area (Å²) in [6.45, 7) is 1.41. The molecule has 1 rings (SSSR count). The number of pyridine rings is 1. The van der Waals surface area contributed by atoms with E-state index in [0.29, 0.717) is 31.9 Å². The summed E-state index contributed by atoms with van der Waals surface area (Å²) < 4.78 is 5.90. The highest BCUT2D eigenvalue weighted by Crippen LogP contribution is 2.07. The molecule has 17 heavy (non-hydrogen) atoms. The van der Waals surface area contributed by atoms with Gasteiger partial charge in [-0.15, -0.1) is 0 Å². The predicted molar refractivity (Wildman–Crippen MR) is 66.8 cm³/mol. The van der Waals surface area contributed by atoms with Crippen molar-refractivity contribution in [3.05, 3.63) is 28.5 Å². The van der Waals surface area contributed by atoms with Crippen LogP contribution in [0.4, 0.5) is 0 Å². The fourth-order valence-corrected chi connectivity index (χ4v) is 1.38. The maximum absolute atomic E-state index is 11.6. The standard InChI is InChI=1S/C11H15BrN2O3/c12-9-2-3-10(14-8-9)11(16)13-4-1-6-17-7-5-15/h2-3,8,15H,1,4-7H2,(H,13,16). The molecule has 1 amide bonds. The summed E-state index contributed by atoms with van der Waals surface area (Å²) in [4.78, 5) is 15.6. The highest BCUT2D eigenvalue weighted by Gasteiger charge is 2.05. The van der Waals surface area contributed by atoms with Crippen molar-refractivity contribution in [1.29, 1.82) is 0 Å². The van der Waals surface area contributed by atoms with Crippen LogP contribution in [0.3, 0.4) is 0 Å². The number of amides is 1. The zero-order chi connectivity index (χ0) is 12.5. The lowest BCUT2D eigenvalue weighted by Gasteiger charge is -2.05. The lowest BCUT2D eigenvalue weighted by atomic mass is 10.3. The van der Waals surface area contributed by atoms with Crippen molar-refractivity contribution < 1.29 is 14.6 Å². The van der Waals surface area contributed by atoms with Crippen molar-refractivity contribution >= 4 is 21.8 Å².